The average molecular weight is 408 g/mol. The summed E-state index contributed by atoms with van der Waals surface area (Å²) in [6, 6.07) is 3.88. The first-order valence-corrected chi connectivity index (χ1v) is 8.79. The van der Waals surface area contributed by atoms with Crippen molar-refractivity contribution in [2.24, 2.45) is 11.3 Å². The van der Waals surface area contributed by atoms with Gasteiger partial charge in [0.15, 0.2) is 0 Å². The van der Waals surface area contributed by atoms with E-state index in [4.69, 9.17) is 0 Å². The van der Waals surface area contributed by atoms with E-state index in [-0.39, 0.29) is 53.8 Å². The van der Waals surface area contributed by atoms with E-state index in [0.717, 1.165) is 38.8 Å². The zero-order valence-corrected chi connectivity index (χ0v) is 16.1. The van der Waals surface area contributed by atoms with E-state index in [0.29, 0.717) is 13.1 Å². The second-order valence-electron chi connectivity index (χ2n) is 7.38. The van der Waals surface area contributed by atoms with Gasteiger partial charge >= 0.3 is 0 Å². The maximum Gasteiger partial charge on any atom is 0.223 e. The molecule has 1 saturated carbocycles. The molecule has 1 spiro atoms. The second-order valence-corrected chi connectivity index (χ2v) is 7.38. The first kappa shape index (κ1) is 21.2. The summed E-state index contributed by atoms with van der Waals surface area (Å²) in [5, 5.41) is 6.44. The monoisotopic (exact) mass is 407 g/mol. The highest BCUT2D eigenvalue weighted by Gasteiger charge is 2.57. The quantitative estimate of drug-likeness (QED) is 0.809. The molecule has 4 rings (SSSR count). The van der Waals surface area contributed by atoms with Crippen molar-refractivity contribution < 1.29 is 13.6 Å². The predicted molar refractivity (Wildman–Crippen MR) is 102 cm³/mol. The molecule has 0 bridgehead atoms. The number of halogens is 4. The Bertz CT molecular complexity index is 635. The van der Waals surface area contributed by atoms with Crippen LogP contribution in [0.2, 0.25) is 0 Å². The van der Waals surface area contributed by atoms with Crippen LogP contribution in [-0.4, -0.2) is 38.1 Å². The van der Waals surface area contributed by atoms with E-state index in [1.807, 2.05) is 0 Å². The van der Waals surface area contributed by atoms with Gasteiger partial charge in [0.1, 0.15) is 17.3 Å². The molecule has 2 heterocycles. The molecule has 3 fully saturated rings. The number of hydrogen-bond acceptors (Lipinski definition) is 3. The summed E-state index contributed by atoms with van der Waals surface area (Å²) in [5.74, 6) is -0.841. The summed E-state index contributed by atoms with van der Waals surface area (Å²) in [6.45, 7) is 3.01. The largest absolute Gasteiger partial charge is 0.365 e. The van der Waals surface area contributed by atoms with Gasteiger partial charge in [-0.1, -0.05) is 6.07 Å². The minimum atomic E-state index is -0.544. The first-order chi connectivity index (χ1) is 11.6. The van der Waals surface area contributed by atoms with Crippen molar-refractivity contribution in [1.82, 2.24) is 10.6 Å². The summed E-state index contributed by atoms with van der Waals surface area (Å²) in [5.41, 5.74) is 0.237. The zero-order valence-electron chi connectivity index (χ0n) is 14.5. The molecule has 1 aromatic carbocycles. The second kappa shape index (κ2) is 8.28. The van der Waals surface area contributed by atoms with Crippen molar-refractivity contribution in [2.75, 3.05) is 31.1 Å². The van der Waals surface area contributed by atoms with Crippen LogP contribution >= 0.6 is 24.8 Å². The lowest BCUT2D eigenvalue weighted by Gasteiger charge is -2.24. The molecule has 3 aliphatic rings. The maximum atomic E-state index is 13.9. The SMILES string of the molecule is Cl.Cl.O=C(NC1CCN(c2c(F)cccc2F)C1)C1CC12CCNCC2. The molecule has 2 unspecified atom stereocenters. The fourth-order valence-electron chi connectivity index (χ4n) is 4.37. The number of amides is 1. The highest BCUT2D eigenvalue weighted by Crippen LogP contribution is 2.58. The summed E-state index contributed by atoms with van der Waals surface area (Å²) >= 11 is 0. The summed E-state index contributed by atoms with van der Waals surface area (Å²) in [4.78, 5) is 14.2. The van der Waals surface area contributed by atoms with Gasteiger partial charge in [0.25, 0.3) is 0 Å². The third-order valence-electron chi connectivity index (χ3n) is 5.89. The molecule has 0 radical (unpaired) electrons. The number of carbonyl (C=O) groups is 1. The Morgan fingerprint density at radius 3 is 2.50 bits per heavy atom. The number of hydrogen-bond donors (Lipinski definition) is 2. The van der Waals surface area contributed by atoms with Gasteiger partial charge in [-0.3, -0.25) is 4.79 Å². The molecule has 2 saturated heterocycles. The fourth-order valence-corrected chi connectivity index (χ4v) is 4.37. The van der Waals surface area contributed by atoms with Crippen LogP contribution in [0.15, 0.2) is 18.2 Å². The van der Waals surface area contributed by atoms with Crippen molar-refractivity contribution in [2.45, 2.75) is 31.7 Å². The molecule has 2 aliphatic heterocycles. The van der Waals surface area contributed by atoms with Crippen molar-refractivity contribution in [3.05, 3.63) is 29.8 Å². The van der Waals surface area contributed by atoms with Crippen molar-refractivity contribution >= 4 is 36.4 Å². The van der Waals surface area contributed by atoms with Gasteiger partial charge < -0.3 is 15.5 Å². The van der Waals surface area contributed by atoms with Gasteiger partial charge in [-0.05, 0) is 56.3 Å². The fraction of sp³-hybridized carbons (Fsp3) is 0.611. The van der Waals surface area contributed by atoms with Gasteiger partial charge in [-0.25, -0.2) is 8.78 Å². The average Bonchev–Trinajstić information content (AvgIpc) is 3.05. The van der Waals surface area contributed by atoms with Crippen LogP contribution in [0.3, 0.4) is 0 Å². The molecular formula is C18H25Cl2F2N3O. The lowest BCUT2D eigenvalue weighted by Crippen LogP contribution is -2.40. The third-order valence-corrected chi connectivity index (χ3v) is 5.89. The number of carbonyl (C=O) groups excluding carboxylic acids is 1. The highest BCUT2D eigenvalue weighted by molar-refractivity contribution is 5.85. The smallest absolute Gasteiger partial charge is 0.223 e. The Morgan fingerprint density at radius 1 is 1.19 bits per heavy atom. The molecule has 26 heavy (non-hydrogen) atoms. The van der Waals surface area contributed by atoms with Crippen molar-refractivity contribution in [3.8, 4) is 0 Å². The lowest BCUT2D eigenvalue weighted by atomic mass is 9.91. The van der Waals surface area contributed by atoms with E-state index >= 15 is 0 Å². The zero-order chi connectivity index (χ0) is 16.7. The van der Waals surface area contributed by atoms with E-state index in [1.54, 1.807) is 4.90 Å². The van der Waals surface area contributed by atoms with Gasteiger partial charge in [-0.2, -0.15) is 0 Å². The van der Waals surface area contributed by atoms with E-state index < -0.39 is 11.6 Å². The molecule has 8 heteroatoms. The minimum absolute atomic E-state index is 0. The summed E-state index contributed by atoms with van der Waals surface area (Å²) in [6.07, 6.45) is 3.85. The Balaban J connectivity index is 0.00000121. The summed E-state index contributed by atoms with van der Waals surface area (Å²) in [7, 11) is 0. The van der Waals surface area contributed by atoms with E-state index in [2.05, 4.69) is 10.6 Å². The van der Waals surface area contributed by atoms with Crippen LogP contribution in [0.25, 0.3) is 0 Å². The van der Waals surface area contributed by atoms with Gasteiger partial charge in [0.2, 0.25) is 5.91 Å². The molecule has 1 amide bonds. The van der Waals surface area contributed by atoms with Crippen LogP contribution < -0.4 is 15.5 Å². The Hall–Kier alpha value is -1.11. The Kier molecular flexibility index (Phi) is 6.75. The predicted octanol–water partition coefficient (Wildman–Crippen LogP) is 2.89. The van der Waals surface area contributed by atoms with Crippen LogP contribution in [0.4, 0.5) is 14.5 Å². The lowest BCUT2D eigenvalue weighted by molar-refractivity contribution is -0.123. The number of rotatable bonds is 3. The van der Waals surface area contributed by atoms with Crippen LogP contribution in [0.1, 0.15) is 25.7 Å². The highest BCUT2D eigenvalue weighted by atomic mass is 35.5. The number of benzene rings is 1. The van der Waals surface area contributed by atoms with Crippen LogP contribution in [0.5, 0.6) is 0 Å². The number of anilines is 1. The molecule has 1 aromatic rings. The number of piperidine rings is 1. The Morgan fingerprint density at radius 2 is 1.85 bits per heavy atom. The first-order valence-electron chi connectivity index (χ1n) is 8.79. The molecule has 2 N–H and O–H groups in total. The standard InChI is InChI=1S/C18H23F2N3O.2ClH/c19-14-2-1-3-15(20)16(14)23-9-4-12(11-23)22-17(24)13-10-18(13)5-7-21-8-6-18;;/h1-3,12-13,21H,4-11H2,(H,22,24);2*1H. The third kappa shape index (κ3) is 3.92. The normalized spacial score (nSPS) is 26.0. The van der Waals surface area contributed by atoms with Crippen LogP contribution in [0, 0.1) is 23.0 Å². The summed E-state index contributed by atoms with van der Waals surface area (Å²) < 4.78 is 27.8. The van der Waals surface area contributed by atoms with Crippen molar-refractivity contribution in [3.63, 3.8) is 0 Å². The minimum Gasteiger partial charge on any atom is -0.365 e. The maximum absolute atomic E-state index is 13.9. The molecule has 1 aliphatic carbocycles. The Labute approximate surface area is 164 Å². The number of nitrogens with one attached hydrogen (secondary N) is 2. The molecule has 2 atom stereocenters. The number of nitrogens with zero attached hydrogens (tertiary/aromatic N) is 1. The number of para-hydroxylation sites is 1. The topological polar surface area (TPSA) is 44.4 Å². The van der Waals surface area contributed by atoms with Gasteiger partial charge in [0.05, 0.1) is 0 Å². The van der Waals surface area contributed by atoms with Gasteiger partial charge in [0, 0.05) is 25.0 Å². The van der Waals surface area contributed by atoms with Crippen molar-refractivity contribution in [1.29, 1.82) is 0 Å². The van der Waals surface area contributed by atoms with E-state index in [1.165, 1.54) is 18.2 Å². The van der Waals surface area contributed by atoms with Gasteiger partial charge in [-0.15, -0.1) is 24.8 Å². The van der Waals surface area contributed by atoms with E-state index in [9.17, 15) is 13.6 Å². The molecule has 0 aromatic heterocycles. The molecule has 4 nitrogen and oxygen atoms in total. The molecular weight excluding hydrogens is 383 g/mol. The molecule has 146 valence electrons. The van der Waals surface area contributed by atoms with Crippen LogP contribution in [-0.2, 0) is 4.79 Å².